The molecule has 0 saturated carbocycles. The maximum Gasteiger partial charge on any atom is -0.0124 e. The van der Waals surface area contributed by atoms with Crippen molar-refractivity contribution in [2.24, 2.45) is 0 Å². The van der Waals surface area contributed by atoms with Crippen molar-refractivity contribution in [1.29, 1.82) is 0 Å². The fraction of sp³-hybridized carbons (Fsp3) is 0.556. The molecule has 2 rings (SSSR count). The van der Waals surface area contributed by atoms with E-state index in [0.717, 1.165) is 6.42 Å². The summed E-state index contributed by atoms with van der Waals surface area (Å²) >= 11 is 0. The zero-order valence-electron chi connectivity index (χ0n) is 17.8. The Labute approximate surface area is 168 Å². The van der Waals surface area contributed by atoms with Gasteiger partial charge in [-0.2, -0.15) is 0 Å². The minimum atomic E-state index is 0.633. The predicted molar refractivity (Wildman–Crippen MR) is 121 cm³/mol. The van der Waals surface area contributed by atoms with Crippen LogP contribution in [0, 0.1) is 0 Å². The van der Waals surface area contributed by atoms with Gasteiger partial charge < -0.3 is 0 Å². The molecule has 0 heteroatoms. The Balaban J connectivity index is 1.66. The maximum atomic E-state index is 2.38. The van der Waals surface area contributed by atoms with Gasteiger partial charge in [0.25, 0.3) is 0 Å². The highest BCUT2D eigenvalue weighted by molar-refractivity contribution is 5.28. The molecule has 0 nitrogen and oxygen atoms in total. The van der Waals surface area contributed by atoms with E-state index in [0.29, 0.717) is 5.92 Å². The standard InChI is InChI=1S/C27H40/c1-3-5-6-7-8-9-10-11-13-16-24-19-21-27(22-20-24)26(4-2)23-25-17-14-12-15-18-25/h12,14-15,17-22,26H,3-11,13,16,23H2,1-2H3. The van der Waals surface area contributed by atoms with Crippen LogP contribution in [0.15, 0.2) is 54.6 Å². The Morgan fingerprint density at radius 2 is 1.19 bits per heavy atom. The monoisotopic (exact) mass is 364 g/mol. The third-order valence-corrected chi connectivity index (χ3v) is 5.84. The van der Waals surface area contributed by atoms with E-state index in [1.165, 1.54) is 87.3 Å². The van der Waals surface area contributed by atoms with E-state index in [2.05, 4.69) is 68.4 Å². The van der Waals surface area contributed by atoms with Crippen LogP contribution in [0.5, 0.6) is 0 Å². The molecule has 27 heavy (non-hydrogen) atoms. The molecule has 1 unspecified atom stereocenters. The second kappa shape index (κ2) is 13.6. The second-order valence-electron chi connectivity index (χ2n) is 8.11. The van der Waals surface area contributed by atoms with Crippen molar-refractivity contribution in [3.63, 3.8) is 0 Å². The molecule has 0 spiro atoms. The lowest BCUT2D eigenvalue weighted by Crippen LogP contribution is -2.02. The Bertz CT molecular complexity index is 581. The highest BCUT2D eigenvalue weighted by Crippen LogP contribution is 2.25. The third kappa shape index (κ3) is 8.78. The number of hydrogen-bond acceptors (Lipinski definition) is 0. The smallest absolute Gasteiger partial charge is 0.0124 e. The summed E-state index contributed by atoms with van der Waals surface area (Å²) in [4.78, 5) is 0. The highest BCUT2D eigenvalue weighted by Gasteiger charge is 2.10. The van der Waals surface area contributed by atoms with Crippen LogP contribution >= 0.6 is 0 Å². The van der Waals surface area contributed by atoms with Crippen molar-refractivity contribution < 1.29 is 0 Å². The molecule has 0 heterocycles. The highest BCUT2D eigenvalue weighted by atomic mass is 14.1. The van der Waals surface area contributed by atoms with Crippen molar-refractivity contribution >= 4 is 0 Å². The van der Waals surface area contributed by atoms with E-state index < -0.39 is 0 Å². The molecule has 0 N–H and O–H groups in total. The van der Waals surface area contributed by atoms with Gasteiger partial charge in [0.2, 0.25) is 0 Å². The summed E-state index contributed by atoms with van der Waals surface area (Å²) in [6, 6.07) is 20.4. The van der Waals surface area contributed by atoms with Gasteiger partial charge in [-0.3, -0.25) is 0 Å². The van der Waals surface area contributed by atoms with Gasteiger partial charge in [-0.1, -0.05) is 120 Å². The summed E-state index contributed by atoms with van der Waals surface area (Å²) in [5.74, 6) is 0.633. The fourth-order valence-electron chi connectivity index (χ4n) is 3.99. The molecule has 0 aliphatic carbocycles. The first-order valence-corrected chi connectivity index (χ1v) is 11.5. The van der Waals surface area contributed by atoms with Gasteiger partial charge in [-0.05, 0) is 48.3 Å². The van der Waals surface area contributed by atoms with Gasteiger partial charge in [-0.15, -0.1) is 0 Å². The number of rotatable bonds is 14. The Morgan fingerprint density at radius 3 is 1.78 bits per heavy atom. The number of benzene rings is 2. The van der Waals surface area contributed by atoms with Gasteiger partial charge in [0.05, 0.1) is 0 Å². The van der Waals surface area contributed by atoms with Crippen LogP contribution in [0.4, 0.5) is 0 Å². The average molecular weight is 365 g/mol. The summed E-state index contributed by atoms with van der Waals surface area (Å²) in [6.07, 6.45) is 16.3. The Morgan fingerprint density at radius 1 is 0.593 bits per heavy atom. The Kier molecular flexibility index (Phi) is 10.9. The van der Waals surface area contributed by atoms with Gasteiger partial charge in [-0.25, -0.2) is 0 Å². The zero-order chi connectivity index (χ0) is 19.2. The normalized spacial score (nSPS) is 12.2. The molecule has 1 atom stereocenters. The first-order chi connectivity index (χ1) is 13.3. The summed E-state index contributed by atoms with van der Waals surface area (Å²) < 4.78 is 0. The molecule has 0 radical (unpaired) electrons. The van der Waals surface area contributed by atoms with Crippen LogP contribution in [0.2, 0.25) is 0 Å². The second-order valence-corrected chi connectivity index (χ2v) is 8.11. The fourth-order valence-corrected chi connectivity index (χ4v) is 3.99. The van der Waals surface area contributed by atoms with E-state index in [-0.39, 0.29) is 0 Å². The molecule has 0 aliphatic heterocycles. The van der Waals surface area contributed by atoms with Crippen LogP contribution in [-0.4, -0.2) is 0 Å². The lowest BCUT2D eigenvalue weighted by atomic mass is 9.89. The summed E-state index contributed by atoms with van der Waals surface area (Å²) in [5.41, 5.74) is 4.46. The number of hydrogen-bond donors (Lipinski definition) is 0. The first-order valence-electron chi connectivity index (χ1n) is 11.5. The summed E-state index contributed by atoms with van der Waals surface area (Å²) in [5, 5.41) is 0. The maximum absolute atomic E-state index is 2.38. The molecule has 2 aromatic carbocycles. The predicted octanol–water partition coefficient (Wildman–Crippen LogP) is 8.50. The molecule has 0 aliphatic rings. The number of aryl methyl sites for hydroxylation is 1. The Hall–Kier alpha value is -1.56. The molecule has 0 fully saturated rings. The molecule has 0 amide bonds. The minimum absolute atomic E-state index is 0.633. The van der Waals surface area contributed by atoms with Crippen LogP contribution < -0.4 is 0 Å². The average Bonchev–Trinajstić information content (AvgIpc) is 2.72. The zero-order valence-corrected chi connectivity index (χ0v) is 17.8. The lowest BCUT2D eigenvalue weighted by molar-refractivity contribution is 0.565. The van der Waals surface area contributed by atoms with E-state index in [9.17, 15) is 0 Å². The van der Waals surface area contributed by atoms with E-state index in [1.807, 2.05) is 0 Å². The van der Waals surface area contributed by atoms with Crippen LogP contribution in [0.3, 0.4) is 0 Å². The van der Waals surface area contributed by atoms with Crippen LogP contribution in [0.25, 0.3) is 0 Å². The lowest BCUT2D eigenvalue weighted by Gasteiger charge is -2.16. The SMILES string of the molecule is CCCCCCCCCCCc1ccc(C(CC)Cc2ccccc2)cc1. The van der Waals surface area contributed by atoms with Crippen molar-refractivity contribution in [2.45, 2.75) is 96.8 Å². The quantitative estimate of drug-likeness (QED) is 0.295. The van der Waals surface area contributed by atoms with Gasteiger partial charge in [0, 0.05) is 0 Å². The number of unbranched alkanes of at least 4 members (excludes halogenated alkanes) is 8. The van der Waals surface area contributed by atoms with Gasteiger partial charge in [0.1, 0.15) is 0 Å². The van der Waals surface area contributed by atoms with Crippen LogP contribution in [-0.2, 0) is 12.8 Å². The van der Waals surface area contributed by atoms with Crippen molar-refractivity contribution in [1.82, 2.24) is 0 Å². The van der Waals surface area contributed by atoms with Crippen molar-refractivity contribution in [3.8, 4) is 0 Å². The minimum Gasteiger partial charge on any atom is -0.0654 e. The summed E-state index contributed by atoms with van der Waals surface area (Å²) in [7, 11) is 0. The molecular weight excluding hydrogens is 324 g/mol. The third-order valence-electron chi connectivity index (χ3n) is 5.84. The first kappa shape index (κ1) is 21.7. The molecule has 148 valence electrons. The van der Waals surface area contributed by atoms with E-state index in [4.69, 9.17) is 0 Å². The van der Waals surface area contributed by atoms with Gasteiger partial charge >= 0.3 is 0 Å². The van der Waals surface area contributed by atoms with Crippen molar-refractivity contribution in [3.05, 3.63) is 71.3 Å². The molecule has 0 saturated heterocycles. The van der Waals surface area contributed by atoms with Gasteiger partial charge in [0.15, 0.2) is 0 Å². The molecule has 2 aromatic rings. The topological polar surface area (TPSA) is 0 Å². The molecular formula is C27H40. The largest absolute Gasteiger partial charge is 0.0654 e. The van der Waals surface area contributed by atoms with E-state index in [1.54, 1.807) is 0 Å². The molecule has 0 bridgehead atoms. The summed E-state index contributed by atoms with van der Waals surface area (Å²) in [6.45, 7) is 4.60. The van der Waals surface area contributed by atoms with Crippen molar-refractivity contribution in [2.75, 3.05) is 0 Å². The van der Waals surface area contributed by atoms with Crippen LogP contribution in [0.1, 0.15) is 101 Å². The molecule has 0 aromatic heterocycles. The van der Waals surface area contributed by atoms with E-state index >= 15 is 0 Å².